The van der Waals surface area contributed by atoms with Gasteiger partial charge in [-0.1, -0.05) is 49.0 Å². The summed E-state index contributed by atoms with van der Waals surface area (Å²) in [5.41, 5.74) is 2.05. The second-order valence-corrected chi connectivity index (χ2v) is 5.69. The van der Waals surface area contributed by atoms with Crippen molar-refractivity contribution in [3.8, 4) is 0 Å². The molecule has 1 atom stereocenters. The second-order valence-electron chi connectivity index (χ2n) is 5.69. The van der Waals surface area contributed by atoms with Crippen LogP contribution in [0.5, 0.6) is 0 Å². The maximum atomic E-state index is 11.9. The van der Waals surface area contributed by atoms with Gasteiger partial charge in [-0.2, -0.15) is 0 Å². The number of alkyl carbamates (subject to hydrolysis) is 1. The van der Waals surface area contributed by atoms with Crippen LogP contribution in [0.1, 0.15) is 11.1 Å². The highest BCUT2D eigenvalue weighted by atomic mass is 16.5. The van der Waals surface area contributed by atoms with Crippen LogP contribution >= 0.6 is 0 Å². The second kappa shape index (κ2) is 9.76. The van der Waals surface area contributed by atoms with Crippen molar-refractivity contribution < 1.29 is 24.2 Å². The number of hydrogen-bond acceptors (Lipinski definition) is 4. The molecule has 7 nitrogen and oxygen atoms in total. The van der Waals surface area contributed by atoms with E-state index < -0.39 is 18.1 Å². The topological polar surface area (TPSA) is 105 Å². The number of amides is 2. The Balaban J connectivity index is 1.90. The summed E-state index contributed by atoms with van der Waals surface area (Å²) in [6, 6.07) is 14.6. The highest BCUT2D eigenvalue weighted by Gasteiger charge is 2.21. The van der Waals surface area contributed by atoms with Gasteiger partial charge in [-0.05, 0) is 29.3 Å². The van der Waals surface area contributed by atoms with Gasteiger partial charge in [0, 0.05) is 12.1 Å². The largest absolute Gasteiger partial charge is 0.480 e. The van der Waals surface area contributed by atoms with Crippen LogP contribution in [0, 0.1) is 0 Å². The van der Waals surface area contributed by atoms with Crippen molar-refractivity contribution in [1.82, 2.24) is 5.32 Å². The maximum absolute atomic E-state index is 11.9. The molecule has 0 fully saturated rings. The van der Waals surface area contributed by atoms with Crippen LogP contribution in [0.15, 0.2) is 67.3 Å². The van der Waals surface area contributed by atoms with Gasteiger partial charge in [0.15, 0.2) is 0 Å². The maximum Gasteiger partial charge on any atom is 0.408 e. The third-order valence-corrected chi connectivity index (χ3v) is 3.65. The average molecular weight is 368 g/mol. The highest BCUT2D eigenvalue weighted by molar-refractivity contribution is 5.98. The van der Waals surface area contributed by atoms with Crippen LogP contribution in [0.25, 0.3) is 0 Å². The Morgan fingerprint density at radius 2 is 1.70 bits per heavy atom. The van der Waals surface area contributed by atoms with E-state index in [-0.39, 0.29) is 18.9 Å². The predicted octanol–water partition coefficient (Wildman–Crippen LogP) is 2.73. The number of ether oxygens (including phenoxy) is 1. The molecule has 0 saturated heterocycles. The van der Waals surface area contributed by atoms with Crippen molar-refractivity contribution in [2.75, 3.05) is 5.32 Å². The Kier molecular flexibility index (Phi) is 7.13. The molecule has 2 aromatic rings. The molecular formula is C20H20N2O5. The lowest BCUT2D eigenvalue weighted by Crippen LogP contribution is -2.42. The first-order chi connectivity index (χ1) is 13.0. The molecule has 27 heavy (non-hydrogen) atoms. The number of benzene rings is 2. The molecule has 0 heterocycles. The highest BCUT2D eigenvalue weighted by Crippen LogP contribution is 2.12. The smallest absolute Gasteiger partial charge is 0.408 e. The van der Waals surface area contributed by atoms with Gasteiger partial charge in [0.2, 0.25) is 5.91 Å². The fourth-order valence-electron chi connectivity index (χ4n) is 2.26. The van der Waals surface area contributed by atoms with E-state index in [0.717, 1.165) is 11.6 Å². The molecule has 0 spiro atoms. The summed E-state index contributed by atoms with van der Waals surface area (Å²) in [7, 11) is 0. The number of carboxylic acid groups (broad SMARTS) is 1. The Bertz CT molecular complexity index is 803. The zero-order chi connectivity index (χ0) is 19.6. The molecule has 0 aliphatic rings. The fourth-order valence-corrected chi connectivity index (χ4v) is 2.26. The number of nitrogens with one attached hydrogen (secondary N) is 2. The minimum atomic E-state index is -1.17. The lowest BCUT2D eigenvalue weighted by molar-refractivity contribution is -0.139. The molecular weight excluding hydrogens is 348 g/mol. The zero-order valence-electron chi connectivity index (χ0n) is 14.6. The molecule has 0 radical (unpaired) electrons. The van der Waals surface area contributed by atoms with Crippen LogP contribution in [-0.2, 0) is 27.4 Å². The summed E-state index contributed by atoms with van der Waals surface area (Å²) < 4.78 is 5.05. The van der Waals surface area contributed by atoms with E-state index >= 15 is 0 Å². The minimum absolute atomic E-state index is 0.0523. The van der Waals surface area contributed by atoms with E-state index in [1.165, 1.54) is 0 Å². The summed E-state index contributed by atoms with van der Waals surface area (Å²) in [5, 5.41) is 14.3. The number of aliphatic carboxylic acids is 1. The Labute approximate surface area is 156 Å². The van der Waals surface area contributed by atoms with Gasteiger partial charge in [-0.25, -0.2) is 9.59 Å². The first-order valence-electron chi connectivity index (χ1n) is 8.20. The number of carbonyl (C=O) groups is 3. The van der Waals surface area contributed by atoms with Crippen molar-refractivity contribution in [1.29, 1.82) is 0 Å². The summed E-state index contributed by atoms with van der Waals surface area (Å²) in [5.74, 6) is -1.51. The normalized spacial score (nSPS) is 11.1. The quantitative estimate of drug-likeness (QED) is 0.622. The van der Waals surface area contributed by atoms with Crippen molar-refractivity contribution in [3.63, 3.8) is 0 Å². The molecule has 0 aliphatic carbocycles. The molecule has 0 aromatic heterocycles. The molecule has 2 rings (SSSR count). The van der Waals surface area contributed by atoms with Crippen molar-refractivity contribution in [2.24, 2.45) is 0 Å². The standard InChI is InChI=1S/C20H20N2O5/c1-2-18(23)21-16-10-8-14(9-11-16)12-17(19(24)25)22-20(26)27-13-15-6-4-3-5-7-15/h2-11,17H,1,12-13H2,(H,21,23)(H,22,26)(H,24,25). The van der Waals surface area contributed by atoms with Crippen molar-refractivity contribution in [2.45, 2.75) is 19.1 Å². The number of carbonyl (C=O) groups excluding carboxylic acids is 2. The van der Waals surface area contributed by atoms with Gasteiger partial charge < -0.3 is 20.5 Å². The van der Waals surface area contributed by atoms with Gasteiger partial charge in [-0.3, -0.25) is 4.79 Å². The lowest BCUT2D eigenvalue weighted by atomic mass is 10.1. The summed E-state index contributed by atoms with van der Waals surface area (Å²) in [4.78, 5) is 34.6. The molecule has 0 bridgehead atoms. The van der Waals surface area contributed by atoms with E-state index in [4.69, 9.17) is 4.74 Å². The van der Waals surface area contributed by atoms with E-state index in [0.29, 0.717) is 11.3 Å². The van der Waals surface area contributed by atoms with Gasteiger partial charge in [-0.15, -0.1) is 0 Å². The molecule has 2 amide bonds. The van der Waals surface area contributed by atoms with Crippen LogP contribution in [-0.4, -0.2) is 29.1 Å². The molecule has 0 aliphatic heterocycles. The third kappa shape index (κ3) is 6.66. The first kappa shape index (κ1) is 19.7. The first-order valence-corrected chi connectivity index (χ1v) is 8.20. The molecule has 3 N–H and O–H groups in total. The van der Waals surface area contributed by atoms with Crippen molar-refractivity contribution >= 4 is 23.7 Å². The number of anilines is 1. The number of hydrogen-bond donors (Lipinski definition) is 3. The number of carboxylic acids is 1. The zero-order valence-corrected chi connectivity index (χ0v) is 14.6. The molecule has 7 heteroatoms. The van der Waals surface area contributed by atoms with Gasteiger partial charge >= 0.3 is 12.1 Å². The minimum Gasteiger partial charge on any atom is -0.480 e. The summed E-state index contributed by atoms with van der Waals surface area (Å²) >= 11 is 0. The Morgan fingerprint density at radius 3 is 2.30 bits per heavy atom. The average Bonchev–Trinajstić information content (AvgIpc) is 2.68. The van der Waals surface area contributed by atoms with E-state index in [1.807, 2.05) is 18.2 Å². The van der Waals surface area contributed by atoms with E-state index in [2.05, 4.69) is 17.2 Å². The van der Waals surface area contributed by atoms with Gasteiger partial charge in [0.05, 0.1) is 0 Å². The monoisotopic (exact) mass is 368 g/mol. The summed E-state index contributed by atoms with van der Waals surface area (Å²) in [6.07, 6.45) is 0.422. The Hall–Kier alpha value is -3.61. The molecule has 140 valence electrons. The summed E-state index contributed by atoms with van der Waals surface area (Å²) in [6.45, 7) is 3.42. The van der Waals surface area contributed by atoms with E-state index in [1.54, 1.807) is 36.4 Å². The number of rotatable bonds is 8. The SMILES string of the molecule is C=CC(=O)Nc1ccc(CC(NC(=O)OCc2ccccc2)C(=O)O)cc1. The third-order valence-electron chi connectivity index (χ3n) is 3.65. The van der Waals surface area contributed by atoms with Gasteiger partial charge in [0.1, 0.15) is 12.6 Å². The Morgan fingerprint density at radius 1 is 1.04 bits per heavy atom. The van der Waals surface area contributed by atoms with Crippen molar-refractivity contribution in [3.05, 3.63) is 78.4 Å². The molecule has 1 unspecified atom stereocenters. The van der Waals surface area contributed by atoms with Crippen LogP contribution in [0.2, 0.25) is 0 Å². The van der Waals surface area contributed by atoms with Gasteiger partial charge in [0.25, 0.3) is 0 Å². The predicted molar refractivity (Wildman–Crippen MR) is 100 cm³/mol. The van der Waals surface area contributed by atoms with Crippen LogP contribution in [0.4, 0.5) is 10.5 Å². The van der Waals surface area contributed by atoms with Crippen LogP contribution in [0.3, 0.4) is 0 Å². The van der Waals surface area contributed by atoms with E-state index in [9.17, 15) is 19.5 Å². The molecule has 0 saturated carbocycles. The van der Waals surface area contributed by atoms with Crippen LogP contribution < -0.4 is 10.6 Å². The molecule has 2 aromatic carbocycles. The fraction of sp³-hybridized carbons (Fsp3) is 0.150. The lowest BCUT2D eigenvalue weighted by Gasteiger charge is -2.15.